The standard InChI is InChI=1S/C17H22N4O4S/c1-2-10-18-16(22)21-11-6-9-14(21)15-19-20-17(25-15)26(23,24)12-13-7-4-3-5-8-13/h3-5,7-8,14H,2,6,9-12H2,1H3,(H,18,22)/t14-/m0/s1. The van der Waals surface area contributed by atoms with E-state index in [0.717, 1.165) is 12.8 Å². The molecule has 1 aliphatic heterocycles. The van der Waals surface area contributed by atoms with Crippen LogP contribution in [0, 0.1) is 0 Å². The van der Waals surface area contributed by atoms with E-state index in [2.05, 4.69) is 15.5 Å². The van der Waals surface area contributed by atoms with Gasteiger partial charge in [-0.2, -0.15) is 0 Å². The van der Waals surface area contributed by atoms with Gasteiger partial charge in [0.1, 0.15) is 6.04 Å². The van der Waals surface area contributed by atoms with Crippen LogP contribution < -0.4 is 5.32 Å². The molecule has 1 N–H and O–H groups in total. The average molecular weight is 378 g/mol. The molecule has 0 saturated carbocycles. The molecule has 2 heterocycles. The predicted molar refractivity (Wildman–Crippen MR) is 94.0 cm³/mol. The fraction of sp³-hybridized carbons (Fsp3) is 0.471. The van der Waals surface area contributed by atoms with E-state index in [-0.39, 0.29) is 23.7 Å². The van der Waals surface area contributed by atoms with E-state index in [1.165, 1.54) is 0 Å². The van der Waals surface area contributed by atoms with Crippen LogP contribution in [0.4, 0.5) is 4.79 Å². The Morgan fingerprint density at radius 2 is 2.08 bits per heavy atom. The minimum absolute atomic E-state index is 0.167. The predicted octanol–water partition coefficient (Wildman–Crippen LogP) is 2.30. The van der Waals surface area contributed by atoms with Crippen molar-refractivity contribution in [3.8, 4) is 0 Å². The molecule has 3 rings (SSSR count). The molecule has 0 spiro atoms. The van der Waals surface area contributed by atoms with Gasteiger partial charge in [0.15, 0.2) is 0 Å². The maximum atomic E-state index is 12.5. The molecule has 9 heteroatoms. The molecule has 140 valence electrons. The highest BCUT2D eigenvalue weighted by Crippen LogP contribution is 2.31. The molecule has 8 nitrogen and oxygen atoms in total. The maximum Gasteiger partial charge on any atom is 0.335 e. The zero-order valence-electron chi connectivity index (χ0n) is 14.6. The fourth-order valence-electron chi connectivity index (χ4n) is 2.94. The lowest BCUT2D eigenvalue weighted by Crippen LogP contribution is -2.39. The van der Waals surface area contributed by atoms with E-state index >= 15 is 0 Å². The number of hydrogen-bond donors (Lipinski definition) is 1. The zero-order valence-corrected chi connectivity index (χ0v) is 15.4. The molecule has 0 radical (unpaired) electrons. The molecule has 26 heavy (non-hydrogen) atoms. The Labute approximate surface area is 152 Å². The number of nitrogens with one attached hydrogen (secondary N) is 1. The SMILES string of the molecule is CCCNC(=O)N1CCC[C@H]1c1nnc(S(=O)(=O)Cc2ccccc2)o1. The first-order valence-electron chi connectivity index (χ1n) is 8.66. The fourth-order valence-corrected chi connectivity index (χ4v) is 4.07. The number of urea groups is 1. The van der Waals surface area contributed by atoms with Gasteiger partial charge in [-0.05, 0) is 24.8 Å². The number of amides is 2. The third-order valence-corrected chi connectivity index (χ3v) is 5.62. The van der Waals surface area contributed by atoms with E-state index in [1.807, 2.05) is 13.0 Å². The Morgan fingerprint density at radius 1 is 1.31 bits per heavy atom. The summed E-state index contributed by atoms with van der Waals surface area (Å²) in [6.45, 7) is 3.14. The number of aromatic nitrogens is 2. The van der Waals surface area contributed by atoms with Crippen molar-refractivity contribution >= 4 is 15.9 Å². The highest BCUT2D eigenvalue weighted by Gasteiger charge is 2.35. The zero-order chi connectivity index (χ0) is 18.6. The van der Waals surface area contributed by atoms with Crippen LogP contribution in [0.25, 0.3) is 0 Å². The van der Waals surface area contributed by atoms with Crippen molar-refractivity contribution in [1.29, 1.82) is 0 Å². The molecule has 1 aromatic heterocycles. The number of nitrogens with zero attached hydrogens (tertiary/aromatic N) is 3. The van der Waals surface area contributed by atoms with Crippen LogP contribution in [0.15, 0.2) is 40.0 Å². The van der Waals surface area contributed by atoms with E-state index < -0.39 is 15.1 Å². The van der Waals surface area contributed by atoms with Gasteiger partial charge in [-0.25, -0.2) is 13.2 Å². The summed E-state index contributed by atoms with van der Waals surface area (Å²) in [5, 5.41) is 10.0. The number of carbonyl (C=O) groups excluding carboxylic acids is 1. The van der Waals surface area contributed by atoms with Gasteiger partial charge >= 0.3 is 11.3 Å². The number of likely N-dealkylation sites (tertiary alicyclic amines) is 1. The highest BCUT2D eigenvalue weighted by molar-refractivity contribution is 7.90. The molecule has 0 aliphatic carbocycles. The number of hydrogen-bond acceptors (Lipinski definition) is 6. The van der Waals surface area contributed by atoms with Gasteiger partial charge in [0.05, 0.1) is 5.75 Å². The van der Waals surface area contributed by atoms with Crippen LogP contribution in [-0.2, 0) is 15.6 Å². The summed E-state index contributed by atoms with van der Waals surface area (Å²) in [6, 6.07) is 8.24. The molecule has 1 atom stereocenters. The minimum atomic E-state index is -3.73. The van der Waals surface area contributed by atoms with Crippen molar-refractivity contribution < 1.29 is 17.6 Å². The van der Waals surface area contributed by atoms with Crippen LogP contribution in [-0.4, -0.2) is 42.6 Å². The van der Waals surface area contributed by atoms with Crippen LogP contribution >= 0.6 is 0 Å². The van der Waals surface area contributed by atoms with E-state index in [4.69, 9.17) is 4.42 Å². The molecule has 1 fully saturated rings. The Balaban J connectivity index is 1.75. The third kappa shape index (κ3) is 4.04. The van der Waals surface area contributed by atoms with Crippen molar-refractivity contribution in [2.75, 3.05) is 13.1 Å². The van der Waals surface area contributed by atoms with Crippen LogP contribution in [0.1, 0.15) is 43.7 Å². The first-order chi connectivity index (χ1) is 12.5. The van der Waals surface area contributed by atoms with Crippen molar-refractivity contribution in [2.45, 2.75) is 43.2 Å². The Bertz CT molecular complexity index is 851. The molecule has 1 saturated heterocycles. The summed E-state index contributed by atoms with van der Waals surface area (Å²) < 4.78 is 30.5. The van der Waals surface area contributed by atoms with Crippen molar-refractivity contribution in [3.05, 3.63) is 41.8 Å². The van der Waals surface area contributed by atoms with Crippen LogP contribution in [0.5, 0.6) is 0 Å². The van der Waals surface area contributed by atoms with E-state index in [1.54, 1.807) is 29.2 Å². The summed E-state index contributed by atoms with van der Waals surface area (Å²) >= 11 is 0. The smallest absolute Gasteiger partial charge is 0.335 e. The number of carbonyl (C=O) groups is 1. The average Bonchev–Trinajstić information content (AvgIpc) is 3.29. The van der Waals surface area contributed by atoms with Crippen molar-refractivity contribution in [2.24, 2.45) is 0 Å². The second kappa shape index (κ2) is 7.86. The van der Waals surface area contributed by atoms with Crippen LogP contribution in [0.2, 0.25) is 0 Å². The Hall–Kier alpha value is -2.42. The third-order valence-electron chi connectivity index (χ3n) is 4.21. The summed E-state index contributed by atoms with van der Waals surface area (Å²) in [6.07, 6.45) is 2.31. The van der Waals surface area contributed by atoms with Crippen molar-refractivity contribution in [1.82, 2.24) is 20.4 Å². The van der Waals surface area contributed by atoms with Crippen molar-refractivity contribution in [3.63, 3.8) is 0 Å². The lowest BCUT2D eigenvalue weighted by molar-refractivity contribution is 0.182. The Morgan fingerprint density at radius 3 is 2.81 bits per heavy atom. The quantitative estimate of drug-likeness (QED) is 0.827. The molecule has 1 aliphatic rings. The highest BCUT2D eigenvalue weighted by atomic mass is 32.2. The van der Waals surface area contributed by atoms with E-state index in [0.29, 0.717) is 25.1 Å². The summed E-state index contributed by atoms with van der Waals surface area (Å²) in [5.41, 5.74) is 0.647. The normalized spacial score (nSPS) is 17.4. The first-order valence-corrected chi connectivity index (χ1v) is 10.3. The second-order valence-electron chi connectivity index (χ2n) is 6.23. The molecular formula is C17H22N4O4S. The molecule has 0 bridgehead atoms. The lowest BCUT2D eigenvalue weighted by Gasteiger charge is -2.22. The maximum absolute atomic E-state index is 12.5. The Kier molecular flexibility index (Phi) is 5.55. The molecule has 0 unspecified atom stereocenters. The summed E-state index contributed by atoms with van der Waals surface area (Å²) in [7, 11) is -3.73. The van der Waals surface area contributed by atoms with Gasteiger partial charge in [0.2, 0.25) is 15.7 Å². The second-order valence-corrected chi connectivity index (χ2v) is 8.10. The van der Waals surface area contributed by atoms with Gasteiger partial charge in [0.25, 0.3) is 0 Å². The lowest BCUT2D eigenvalue weighted by atomic mass is 10.2. The van der Waals surface area contributed by atoms with Crippen LogP contribution in [0.3, 0.4) is 0 Å². The van der Waals surface area contributed by atoms with Gasteiger partial charge in [-0.1, -0.05) is 42.4 Å². The number of sulfone groups is 1. The molecule has 2 aromatic rings. The molecule has 2 amide bonds. The number of benzene rings is 1. The van der Waals surface area contributed by atoms with Gasteiger partial charge < -0.3 is 14.6 Å². The first kappa shape index (κ1) is 18.4. The topological polar surface area (TPSA) is 105 Å². The monoisotopic (exact) mass is 378 g/mol. The molecular weight excluding hydrogens is 356 g/mol. The van der Waals surface area contributed by atoms with Gasteiger partial charge in [0, 0.05) is 13.1 Å². The molecule has 1 aromatic carbocycles. The van der Waals surface area contributed by atoms with Gasteiger partial charge in [-0.3, -0.25) is 0 Å². The largest absolute Gasteiger partial charge is 0.410 e. The summed E-state index contributed by atoms with van der Waals surface area (Å²) in [4.78, 5) is 13.9. The summed E-state index contributed by atoms with van der Waals surface area (Å²) in [5.74, 6) is -0.0401. The minimum Gasteiger partial charge on any atom is -0.410 e. The van der Waals surface area contributed by atoms with E-state index in [9.17, 15) is 13.2 Å². The van der Waals surface area contributed by atoms with Gasteiger partial charge in [-0.15, -0.1) is 5.10 Å². The number of rotatable bonds is 6.